The SMILES string of the molecule is CCCCNC(=O)NC1CCCc2sccc21. The van der Waals surface area contributed by atoms with Crippen LogP contribution in [0.5, 0.6) is 0 Å². The molecule has 4 heteroatoms. The zero-order chi connectivity index (χ0) is 12.1. The van der Waals surface area contributed by atoms with Crippen molar-refractivity contribution in [1.82, 2.24) is 10.6 Å². The molecule has 0 radical (unpaired) electrons. The molecule has 0 saturated heterocycles. The predicted octanol–water partition coefficient (Wildman–Crippen LogP) is 3.22. The summed E-state index contributed by atoms with van der Waals surface area (Å²) in [6, 6.07) is 2.34. The third-order valence-electron chi connectivity index (χ3n) is 3.17. The highest BCUT2D eigenvalue weighted by atomic mass is 32.1. The molecule has 0 aliphatic heterocycles. The molecule has 1 aliphatic carbocycles. The molecule has 2 N–H and O–H groups in total. The van der Waals surface area contributed by atoms with Crippen LogP contribution in [-0.2, 0) is 6.42 Å². The smallest absolute Gasteiger partial charge is 0.315 e. The van der Waals surface area contributed by atoms with E-state index in [0.717, 1.165) is 25.8 Å². The molecule has 94 valence electrons. The van der Waals surface area contributed by atoms with Crippen LogP contribution >= 0.6 is 11.3 Å². The fraction of sp³-hybridized carbons (Fsp3) is 0.615. The normalized spacial score (nSPS) is 18.5. The third-order valence-corrected chi connectivity index (χ3v) is 4.17. The Bertz CT molecular complexity index is 375. The molecule has 0 saturated carbocycles. The van der Waals surface area contributed by atoms with Gasteiger partial charge in [0.05, 0.1) is 6.04 Å². The Hall–Kier alpha value is -1.03. The molecular weight excluding hydrogens is 232 g/mol. The quantitative estimate of drug-likeness (QED) is 0.794. The second-order valence-electron chi connectivity index (χ2n) is 4.50. The van der Waals surface area contributed by atoms with E-state index in [0.29, 0.717) is 0 Å². The molecule has 0 bridgehead atoms. The second kappa shape index (κ2) is 6.05. The van der Waals surface area contributed by atoms with Crippen LogP contribution in [0.15, 0.2) is 11.4 Å². The van der Waals surface area contributed by atoms with Gasteiger partial charge in [-0.15, -0.1) is 11.3 Å². The van der Waals surface area contributed by atoms with Gasteiger partial charge in [-0.1, -0.05) is 13.3 Å². The highest BCUT2D eigenvalue weighted by Crippen LogP contribution is 2.32. The number of rotatable bonds is 4. The van der Waals surface area contributed by atoms with Crippen molar-refractivity contribution in [2.45, 2.75) is 45.1 Å². The number of unbranched alkanes of at least 4 members (excludes halogenated alkanes) is 1. The first-order valence-corrected chi connectivity index (χ1v) is 7.30. The average Bonchev–Trinajstić information content (AvgIpc) is 2.78. The first kappa shape index (κ1) is 12.4. The predicted molar refractivity (Wildman–Crippen MR) is 71.4 cm³/mol. The van der Waals surface area contributed by atoms with Crippen molar-refractivity contribution in [3.63, 3.8) is 0 Å². The Kier molecular flexibility index (Phi) is 4.42. The van der Waals surface area contributed by atoms with E-state index in [1.807, 2.05) is 0 Å². The summed E-state index contributed by atoms with van der Waals surface area (Å²) < 4.78 is 0. The number of thiophene rings is 1. The Morgan fingerprint density at radius 2 is 2.47 bits per heavy atom. The zero-order valence-electron chi connectivity index (χ0n) is 10.3. The first-order chi connectivity index (χ1) is 8.31. The van der Waals surface area contributed by atoms with Gasteiger partial charge in [0.15, 0.2) is 0 Å². The summed E-state index contributed by atoms with van der Waals surface area (Å²) in [5.74, 6) is 0. The van der Waals surface area contributed by atoms with Gasteiger partial charge >= 0.3 is 6.03 Å². The van der Waals surface area contributed by atoms with E-state index in [9.17, 15) is 4.79 Å². The monoisotopic (exact) mass is 252 g/mol. The summed E-state index contributed by atoms with van der Waals surface area (Å²) in [5, 5.41) is 8.11. The highest BCUT2D eigenvalue weighted by Gasteiger charge is 2.22. The van der Waals surface area contributed by atoms with Gasteiger partial charge in [-0.05, 0) is 42.7 Å². The Morgan fingerprint density at radius 1 is 1.59 bits per heavy atom. The molecule has 0 fully saturated rings. The van der Waals surface area contributed by atoms with Gasteiger partial charge in [-0.25, -0.2) is 4.79 Å². The van der Waals surface area contributed by atoms with Crippen molar-refractivity contribution < 1.29 is 4.79 Å². The van der Waals surface area contributed by atoms with Crippen LogP contribution in [0, 0.1) is 0 Å². The van der Waals surface area contributed by atoms with E-state index < -0.39 is 0 Å². The maximum absolute atomic E-state index is 11.7. The lowest BCUT2D eigenvalue weighted by molar-refractivity contribution is 0.235. The van der Waals surface area contributed by atoms with Gasteiger partial charge in [0.1, 0.15) is 0 Å². The topological polar surface area (TPSA) is 41.1 Å². The van der Waals surface area contributed by atoms with E-state index in [1.165, 1.54) is 23.3 Å². The maximum Gasteiger partial charge on any atom is 0.315 e. The molecule has 17 heavy (non-hydrogen) atoms. The largest absolute Gasteiger partial charge is 0.338 e. The average molecular weight is 252 g/mol. The van der Waals surface area contributed by atoms with Gasteiger partial charge in [-0.2, -0.15) is 0 Å². The minimum atomic E-state index is -0.0255. The molecule has 1 atom stereocenters. The molecule has 0 spiro atoms. The number of carbonyl (C=O) groups is 1. The van der Waals surface area contributed by atoms with Crippen molar-refractivity contribution >= 4 is 17.4 Å². The van der Waals surface area contributed by atoms with E-state index >= 15 is 0 Å². The first-order valence-electron chi connectivity index (χ1n) is 6.42. The molecule has 2 rings (SSSR count). The van der Waals surface area contributed by atoms with Crippen LogP contribution in [0.25, 0.3) is 0 Å². The number of carbonyl (C=O) groups excluding carboxylic acids is 1. The summed E-state index contributed by atoms with van der Waals surface area (Å²) in [6.45, 7) is 2.89. The van der Waals surface area contributed by atoms with Crippen molar-refractivity contribution in [3.8, 4) is 0 Å². The lowest BCUT2D eigenvalue weighted by Gasteiger charge is -2.23. The Morgan fingerprint density at radius 3 is 3.29 bits per heavy atom. The van der Waals surface area contributed by atoms with Crippen LogP contribution in [0.3, 0.4) is 0 Å². The van der Waals surface area contributed by atoms with Crippen molar-refractivity contribution in [3.05, 3.63) is 21.9 Å². The number of nitrogens with one attached hydrogen (secondary N) is 2. The molecule has 3 nitrogen and oxygen atoms in total. The van der Waals surface area contributed by atoms with Crippen LogP contribution < -0.4 is 10.6 Å². The van der Waals surface area contributed by atoms with Crippen molar-refractivity contribution in [2.75, 3.05) is 6.54 Å². The minimum Gasteiger partial charge on any atom is -0.338 e. The molecule has 1 unspecified atom stereocenters. The minimum absolute atomic E-state index is 0.0255. The second-order valence-corrected chi connectivity index (χ2v) is 5.50. The van der Waals surface area contributed by atoms with Gasteiger partial charge in [-0.3, -0.25) is 0 Å². The Labute approximate surface area is 107 Å². The Balaban J connectivity index is 1.86. The van der Waals surface area contributed by atoms with Gasteiger partial charge in [0, 0.05) is 11.4 Å². The van der Waals surface area contributed by atoms with E-state index in [-0.39, 0.29) is 12.1 Å². The number of fused-ring (bicyclic) bond motifs is 1. The highest BCUT2D eigenvalue weighted by molar-refractivity contribution is 7.10. The van der Waals surface area contributed by atoms with E-state index in [4.69, 9.17) is 0 Å². The molecule has 2 amide bonds. The van der Waals surface area contributed by atoms with E-state index in [2.05, 4.69) is 29.0 Å². The van der Waals surface area contributed by atoms with Gasteiger partial charge < -0.3 is 10.6 Å². The molecule has 1 aliphatic rings. The summed E-state index contributed by atoms with van der Waals surface area (Å²) in [5.41, 5.74) is 1.33. The van der Waals surface area contributed by atoms with Crippen molar-refractivity contribution in [1.29, 1.82) is 0 Å². The van der Waals surface area contributed by atoms with Crippen molar-refractivity contribution in [2.24, 2.45) is 0 Å². The lowest BCUT2D eigenvalue weighted by Crippen LogP contribution is -2.39. The fourth-order valence-electron chi connectivity index (χ4n) is 2.22. The number of urea groups is 1. The van der Waals surface area contributed by atoms with Gasteiger partial charge in [0.25, 0.3) is 0 Å². The van der Waals surface area contributed by atoms with Crippen LogP contribution in [0.4, 0.5) is 4.79 Å². The summed E-state index contributed by atoms with van der Waals surface area (Å²) in [6.07, 6.45) is 5.56. The van der Waals surface area contributed by atoms with Gasteiger partial charge in [0.2, 0.25) is 0 Å². The van der Waals surface area contributed by atoms with E-state index in [1.54, 1.807) is 11.3 Å². The number of hydrogen-bond donors (Lipinski definition) is 2. The molecular formula is C13H20N2OS. The molecule has 0 aromatic carbocycles. The molecule has 1 heterocycles. The number of amides is 2. The lowest BCUT2D eigenvalue weighted by atomic mass is 9.94. The number of aryl methyl sites for hydroxylation is 1. The zero-order valence-corrected chi connectivity index (χ0v) is 11.1. The van der Waals surface area contributed by atoms with Crippen LogP contribution in [0.2, 0.25) is 0 Å². The summed E-state index contributed by atoms with van der Waals surface area (Å²) in [7, 11) is 0. The maximum atomic E-state index is 11.7. The number of hydrogen-bond acceptors (Lipinski definition) is 2. The standard InChI is InChI=1S/C13H20N2OS/c1-2-3-8-14-13(16)15-11-5-4-6-12-10(11)7-9-17-12/h7,9,11H,2-6,8H2,1H3,(H2,14,15,16). The summed E-state index contributed by atoms with van der Waals surface area (Å²) >= 11 is 1.81. The molecule has 1 aromatic rings. The fourth-order valence-corrected chi connectivity index (χ4v) is 3.21. The molecule has 1 aromatic heterocycles. The third kappa shape index (κ3) is 3.22. The van der Waals surface area contributed by atoms with Crippen LogP contribution in [0.1, 0.15) is 49.1 Å². The van der Waals surface area contributed by atoms with Crippen LogP contribution in [-0.4, -0.2) is 12.6 Å². The summed E-state index contributed by atoms with van der Waals surface area (Å²) in [4.78, 5) is 13.1.